The van der Waals surface area contributed by atoms with Crippen molar-refractivity contribution in [3.63, 3.8) is 0 Å². The maximum atomic E-state index is 3.53. The van der Waals surface area contributed by atoms with Crippen LogP contribution in [0.15, 0.2) is 0 Å². The van der Waals surface area contributed by atoms with Crippen LogP contribution in [0.25, 0.3) is 0 Å². The molecule has 0 amide bonds. The number of nitrogens with one attached hydrogen (secondary N) is 1. The van der Waals surface area contributed by atoms with Gasteiger partial charge >= 0.3 is 0 Å². The SMILES string of the molecule is CCCCCCCCCCCCCC(C)CNC(C)C. The van der Waals surface area contributed by atoms with E-state index in [2.05, 4.69) is 33.0 Å². The second kappa shape index (κ2) is 15.4. The molecule has 0 aromatic heterocycles. The molecule has 0 bridgehead atoms. The van der Waals surface area contributed by atoms with Crippen molar-refractivity contribution in [1.82, 2.24) is 5.32 Å². The molecule has 0 fully saturated rings. The summed E-state index contributed by atoms with van der Waals surface area (Å²) in [5.41, 5.74) is 0. The molecule has 0 rings (SSSR count). The van der Waals surface area contributed by atoms with E-state index in [0.717, 1.165) is 5.92 Å². The lowest BCUT2D eigenvalue weighted by Crippen LogP contribution is -2.27. The highest BCUT2D eigenvalue weighted by molar-refractivity contribution is 4.60. The van der Waals surface area contributed by atoms with E-state index in [9.17, 15) is 0 Å². The van der Waals surface area contributed by atoms with Gasteiger partial charge in [-0.15, -0.1) is 0 Å². The van der Waals surface area contributed by atoms with E-state index in [-0.39, 0.29) is 0 Å². The molecule has 0 aromatic rings. The van der Waals surface area contributed by atoms with Crippen molar-refractivity contribution >= 4 is 0 Å². The molecule has 1 heteroatoms. The van der Waals surface area contributed by atoms with Crippen LogP contribution in [-0.2, 0) is 0 Å². The smallest absolute Gasteiger partial charge is 0.00104 e. The number of rotatable bonds is 15. The van der Waals surface area contributed by atoms with E-state index in [4.69, 9.17) is 0 Å². The molecule has 122 valence electrons. The average Bonchev–Trinajstić information content (AvgIpc) is 2.42. The first kappa shape index (κ1) is 20.0. The van der Waals surface area contributed by atoms with Gasteiger partial charge in [-0.3, -0.25) is 0 Å². The highest BCUT2D eigenvalue weighted by atomic mass is 14.9. The maximum Gasteiger partial charge on any atom is 0.00104 e. The van der Waals surface area contributed by atoms with Gasteiger partial charge in [-0.2, -0.15) is 0 Å². The highest BCUT2D eigenvalue weighted by Crippen LogP contribution is 2.13. The van der Waals surface area contributed by atoms with Crippen LogP contribution in [0.5, 0.6) is 0 Å². The molecule has 0 saturated carbocycles. The lowest BCUT2D eigenvalue weighted by Gasteiger charge is -2.14. The van der Waals surface area contributed by atoms with Crippen LogP contribution in [0.1, 0.15) is 105 Å². The second-order valence-electron chi connectivity index (χ2n) is 6.99. The van der Waals surface area contributed by atoms with Gasteiger partial charge in [0.25, 0.3) is 0 Å². The summed E-state index contributed by atoms with van der Waals surface area (Å²) in [6, 6.07) is 0.634. The van der Waals surface area contributed by atoms with Gasteiger partial charge in [-0.25, -0.2) is 0 Å². The lowest BCUT2D eigenvalue weighted by atomic mass is 10.0. The largest absolute Gasteiger partial charge is 0.314 e. The first-order chi connectivity index (χ1) is 9.66. The quantitative estimate of drug-likeness (QED) is 0.347. The normalized spacial score (nSPS) is 13.1. The zero-order valence-corrected chi connectivity index (χ0v) is 14.8. The summed E-state index contributed by atoms with van der Waals surface area (Å²) in [6.07, 6.45) is 17.3. The van der Waals surface area contributed by atoms with Crippen molar-refractivity contribution in [3.05, 3.63) is 0 Å². The van der Waals surface area contributed by atoms with Crippen molar-refractivity contribution in [2.75, 3.05) is 6.54 Å². The Labute approximate surface area is 129 Å². The summed E-state index contributed by atoms with van der Waals surface area (Å²) in [5.74, 6) is 0.843. The Balaban J connectivity index is 3.09. The highest BCUT2D eigenvalue weighted by Gasteiger charge is 2.02. The van der Waals surface area contributed by atoms with E-state index in [0.29, 0.717) is 6.04 Å². The Morgan fingerprint density at radius 1 is 0.650 bits per heavy atom. The Bertz CT molecular complexity index is 177. The number of hydrogen-bond acceptors (Lipinski definition) is 1. The minimum atomic E-state index is 0.634. The van der Waals surface area contributed by atoms with E-state index < -0.39 is 0 Å². The molecule has 20 heavy (non-hydrogen) atoms. The molecule has 0 heterocycles. The average molecular weight is 284 g/mol. The van der Waals surface area contributed by atoms with Crippen LogP contribution >= 0.6 is 0 Å². The molecule has 0 aliphatic carbocycles. The van der Waals surface area contributed by atoms with Gasteiger partial charge in [0, 0.05) is 6.04 Å². The number of hydrogen-bond donors (Lipinski definition) is 1. The van der Waals surface area contributed by atoms with E-state index >= 15 is 0 Å². The van der Waals surface area contributed by atoms with Crippen molar-refractivity contribution < 1.29 is 0 Å². The van der Waals surface area contributed by atoms with Crippen LogP contribution in [0.4, 0.5) is 0 Å². The zero-order valence-electron chi connectivity index (χ0n) is 14.8. The van der Waals surface area contributed by atoms with Crippen LogP contribution < -0.4 is 5.32 Å². The standard InChI is InChI=1S/C19H41N/c1-5-6-7-8-9-10-11-12-13-14-15-16-19(4)17-20-18(2)3/h18-20H,5-17H2,1-4H3. The molecule has 0 aliphatic heterocycles. The van der Waals surface area contributed by atoms with Crippen LogP contribution in [0, 0.1) is 5.92 Å². The fourth-order valence-corrected chi connectivity index (χ4v) is 2.70. The van der Waals surface area contributed by atoms with Gasteiger partial charge in [0.1, 0.15) is 0 Å². The monoisotopic (exact) mass is 283 g/mol. The Morgan fingerprint density at radius 3 is 1.55 bits per heavy atom. The number of unbranched alkanes of at least 4 members (excludes halogenated alkanes) is 10. The molecule has 0 radical (unpaired) electrons. The van der Waals surface area contributed by atoms with Crippen molar-refractivity contribution in [3.8, 4) is 0 Å². The Hall–Kier alpha value is -0.0400. The maximum absolute atomic E-state index is 3.53. The summed E-state index contributed by atoms with van der Waals surface area (Å²) in [5, 5.41) is 3.53. The molecule has 0 spiro atoms. The molecule has 1 N–H and O–H groups in total. The van der Waals surface area contributed by atoms with E-state index in [1.807, 2.05) is 0 Å². The topological polar surface area (TPSA) is 12.0 Å². The third-order valence-electron chi connectivity index (χ3n) is 4.18. The first-order valence-corrected chi connectivity index (χ1v) is 9.40. The zero-order chi connectivity index (χ0) is 15.1. The second-order valence-corrected chi connectivity index (χ2v) is 6.99. The van der Waals surface area contributed by atoms with Gasteiger partial charge < -0.3 is 5.32 Å². The van der Waals surface area contributed by atoms with Crippen molar-refractivity contribution in [2.45, 2.75) is 111 Å². The van der Waals surface area contributed by atoms with Crippen molar-refractivity contribution in [1.29, 1.82) is 0 Å². The molecule has 0 aliphatic rings. The third-order valence-corrected chi connectivity index (χ3v) is 4.18. The molecular weight excluding hydrogens is 242 g/mol. The fraction of sp³-hybridized carbons (Fsp3) is 1.00. The van der Waals surface area contributed by atoms with Gasteiger partial charge in [0.2, 0.25) is 0 Å². The summed E-state index contributed by atoms with van der Waals surface area (Å²) in [4.78, 5) is 0. The predicted molar refractivity (Wildman–Crippen MR) is 93.4 cm³/mol. The fourth-order valence-electron chi connectivity index (χ4n) is 2.70. The molecule has 0 saturated heterocycles. The van der Waals surface area contributed by atoms with Gasteiger partial charge in [0.05, 0.1) is 0 Å². The van der Waals surface area contributed by atoms with E-state index in [1.54, 1.807) is 0 Å². The van der Waals surface area contributed by atoms with E-state index in [1.165, 1.54) is 83.6 Å². The molecular formula is C19H41N. The van der Waals surface area contributed by atoms with Crippen LogP contribution in [0.2, 0.25) is 0 Å². The van der Waals surface area contributed by atoms with Gasteiger partial charge in [-0.05, 0) is 18.9 Å². The summed E-state index contributed by atoms with van der Waals surface area (Å²) >= 11 is 0. The first-order valence-electron chi connectivity index (χ1n) is 9.40. The van der Waals surface area contributed by atoms with Crippen molar-refractivity contribution in [2.24, 2.45) is 5.92 Å². The van der Waals surface area contributed by atoms with Gasteiger partial charge in [0.15, 0.2) is 0 Å². The summed E-state index contributed by atoms with van der Waals surface area (Å²) in [6.45, 7) is 10.3. The lowest BCUT2D eigenvalue weighted by molar-refractivity contribution is 0.431. The summed E-state index contributed by atoms with van der Waals surface area (Å²) in [7, 11) is 0. The minimum absolute atomic E-state index is 0.634. The molecule has 1 atom stereocenters. The third kappa shape index (κ3) is 16.0. The van der Waals surface area contributed by atoms with Crippen LogP contribution in [0.3, 0.4) is 0 Å². The minimum Gasteiger partial charge on any atom is -0.314 e. The summed E-state index contributed by atoms with van der Waals surface area (Å²) < 4.78 is 0. The Kier molecular flexibility index (Phi) is 15.3. The molecule has 0 aromatic carbocycles. The molecule has 1 nitrogen and oxygen atoms in total. The van der Waals surface area contributed by atoms with Crippen LogP contribution in [-0.4, -0.2) is 12.6 Å². The molecule has 1 unspecified atom stereocenters. The van der Waals surface area contributed by atoms with Gasteiger partial charge in [-0.1, -0.05) is 98.3 Å². The predicted octanol–water partition coefficient (Wildman–Crippen LogP) is 6.32. The Morgan fingerprint density at radius 2 is 1.10 bits per heavy atom.